The molecular weight excluding hydrogens is 599 g/mol. The van der Waals surface area contributed by atoms with E-state index >= 15 is 0 Å². The van der Waals surface area contributed by atoms with Crippen LogP contribution in [0.15, 0.2) is 36.4 Å². The highest BCUT2D eigenvalue weighted by atomic mass is 19.1. The quantitative estimate of drug-likeness (QED) is 0.287. The Labute approximate surface area is 288 Å². The summed E-state index contributed by atoms with van der Waals surface area (Å²) in [5, 5.41) is 13.6. The lowest BCUT2D eigenvalue weighted by Gasteiger charge is -2.72. The Bertz CT molecular complexity index is 1550. The van der Waals surface area contributed by atoms with Crippen molar-refractivity contribution < 1.29 is 19.1 Å². The predicted octanol–water partition coefficient (Wildman–Crippen LogP) is 9.14. The SMILES string of the molecule is C=C(C)[C@@H]1CC[C@]2(NCCN3CCCC3=O)CC[C@]3(C)[C@H](CC[C@@H]4[C@@]5(C)CC=C(c6ccc(C(=O)O)c(F)c6)C(C)(C)[C@@H]5CC[C@]43C)[C@@H]12. The van der Waals surface area contributed by atoms with Gasteiger partial charge in [-0.05, 0) is 146 Å². The van der Waals surface area contributed by atoms with Gasteiger partial charge in [0.1, 0.15) is 5.82 Å². The van der Waals surface area contributed by atoms with Gasteiger partial charge in [0.05, 0.1) is 5.56 Å². The monoisotopic (exact) mass is 658 g/mol. The Hall–Kier alpha value is -2.47. The molecule has 0 spiro atoms. The summed E-state index contributed by atoms with van der Waals surface area (Å²) in [5.41, 5.74) is 3.69. The normalized spacial score (nSPS) is 41.6. The van der Waals surface area contributed by atoms with Crippen LogP contribution in [0.4, 0.5) is 4.39 Å². The van der Waals surface area contributed by atoms with E-state index in [2.05, 4.69) is 64.4 Å². The molecule has 4 saturated carbocycles. The number of likely N-dealkylation sites (tertiary alicyclic amines) is 1. The van der Waals surface area contributed by atoms with Gasteiger partial charge in [-0.3, -0.25) is 4.79 Å². The average molecular weight is 659 g/mol. The summed E-state index contributed by atoms with van der Waals surface area (Å²) < 4.78 is 14.9. The molecular formula is C42H59FN2O3. The molecule has 1 aliphatic heterocycles. The third-order valence-electron chi connectivity index (χ3n) is 16.2. The van der Waals surface area contributed by atoms with Gasteiger partial charge >= 0.3 is 5.97 Å². The van der Waals surface area contributed by atoms with E-state index in [1.807, 2.05) is 6.07 Å². The number of carboxylic acid groups (broad SMARTS) is 1. The maximum Gasteiger partial charge on any atom is 0.338 e. The standard InChI is InChI=1S/C42H59FN2O3/c1-26(2)28-14-19-42(44-22-24-45-23-8-9-35(45)46)21-20-40(6)31(36(28)42)12-13-34-39(5)17-15-30(27-10-11-29(37(47)48)32(43)25-27)38(3,4)33(39)16-18-41(34,40)7/h10-11,15,25,28,31,33-34,36,44H,1,8-9,12-14,16-24H2,2-7H3,(H,47,48)/t28-,31+,33-,34+,36+,39-,40+,41+,42-/m0/s1. The van der Waals surface area contributed by atoms with Crippen molar-refractivity contribution in [1.82, 2.24) is 10.2 Å². The van der Waals surface area contributed by atoms with Crippen LogP contribution in [0.25, 0.3) is 5.57 Å². The smallest absolute Gasteiger partial charge is 0.338 e. The summed E-state index contributed by atoms with van der Waals surface area (Å²) in [4.78, 5) is 26.0. The number of rotatable bonds is 7. The lowest BCUT2D eigenvalue weighted by molar-refractivity contribution is -0.219. The first-order chi connectivity index (χ1) is 22.6. The highest BCUT2D eigenvalue weighted by Gasteiger charge is 2.70. The molecule has 0 unspecified atom stereocenters. The van der Waals surface area contributed by atoms with Crippen molar-refractivity contribution >= 4 is 17.4 Å². The summed E-state index contributed by atoms with van der Waals surface area (Å²) >= 11 is 0. The summed E-state index contributed by atoms with van der Waals surface area (Å²) in [5.74, 6) is 1.31. The number of hydrogen-bond acceptors (Lipinski definition) is 3. The molecule has 1 saturated heterocycles. The number of amides is 1. The van der Waals surface area contributed by atoms with Crippen molar-refractivity contribution in [1.29, 1.82) is 0 Å². The molecule has 0 radical (unpaired) electrons. The number of carbonyl (C=O) groups excluding carboxylic acids is 1. The van der Waals surface area contributed by atoms with Crippen molar-refractivity contribution in [2.24, 2.45) is 51.2 Å². The van der Waals surface area contributed by atoms with E-state index < -0.39 is 11.8 Å². The molecule has 9 atom stereocenters. The average Bonchev–Trinajstić information content (AvgIpc) is 3.60. The third-order valence-corrected chi connectivity index (χ3v) is 16.2. The van der Waals surface area contributed by atoms with Crippen LogP contribution in [0.5, 0.6) is 0 Å². The van der Waals surface area contributed by atoms with E-state index in [1.54, 1.807) is 0 Å². The molecule has 0 aromatic heterocycles. The fourth-order valence-electron chi connectivity index (χ4n) is 13.8. The first kappa shape index (κ1) is 34.0. The summed E-state index contributed by atoms with van der Waals surface area (Å²) in [7, 11) is 0. The van der Waals surface area contributed by atoms with E-state index in [0.717, 1.165) is 44.5 Å². The van der Waals surface area contributed by atoms with Gasteiger partial charge in [0.25, 0.3) is 0 Å². The number of allylic oxidation sites excluding steroid dienone is 3. The molecule has 5 nitrogen and oxygen atoms in total. The van der Waals surface area contributed by atoms with Crippen LogP contribution in [0.2, 0.25) is 0 Å². The zero-order chi connectivity index (χ0) is 34.4. The molecule has 7 rings (SSSR count). The molecule has 1 heterocycles. The predicted molar refractivity (Wildman–Crippen MR) is 190 cm³/mol. The number of benzene rings is 1. The van der Waals surface area contributed by atoms with Crippen LogP contribution in [-0.4, -0.2) is 47.1 Å². The molecule has 0 bridgehead atoms. The molecule has 2 N–H and O–H groups in total. The van der Waals surface area contributed by atoms with Crippen LogP contribution >= 0.6 is 0 Å². The molecule has 1 amide bonds. The van der Waals surface area contributed by atoms with E-state index in [-0.39, 0.29) is 32.8 Å². The van der Waals surface area contributed by atoms with Crippen LogP contribution in [-0.2, 0) is 4.79 Å². The second kappa shape index (κ2) is 11.5. The lowest BCUT2D eigenvalue weighted by atomic mass is 9.33. The minimum absolute atomic E-state index is 0.136. The molecule has 6 heteroatoms. The number of nitrogens with one attached hydrogen (secondary N) is 1. The van der Waals surface area contributed by atoms with Crippen LogP contribution in [0.3, 0.4) is 0 Å². The summed E-state index contributed by atoms with van der Waals surface area (Å²) in [6.07, 6.45) is 14.9. The highest BCUT2D eigenvalue weighted by Crippen LogP contribution is 2.76. The van der Waals surface area contributed by atoms with Gasteiger partial charge in [-0.2, -0.15) is 0 Å². The zero-order valence-corrected chi connectivity index (χ0v) is 30.4. The Morgan fingerprint density at radius 3 is 2.46 bits per heavy atom. The maximum absolute atomic E-state index is 14.9. The fourth-order valence-corrected chi connectivity index (χ4v) is 13.8. The van der Waals surface area contributed by atoms with E-state index in [1.165, 1.54) is 68.2 Å². The van der Waals surface area contributed by atoms with Gasteiger partial charge < -0.3 is 15.3 Å². The topological polar surface area (TPSA) is 69.6 Å². The van der Waals surface area contributed by atoms with Crippen molar-refractivity contribution in [2.75, 3.05) is 19.6 Å². The second-order valence-electron chi connectivity index (χ2n) is 18.3. The first-order valence-corrected chi connectivity index (χ1v) is 19.0. The van der Waals surface area contributed by atoms with Crippen LogP contribution in [0, 0.1) is 57.1 Å². The number of hydrogen-bond donors (Lipinski definition) is 2. The van der Waals surface area contributed by atoms with Crippen molar-refractivity contribution in [3.8, 4) is 0 Å². The number of aromatic carboxylic acids is 1. The van der Waals surface area contributed by atoms with Crippen molar-refractivity contribution in [2.45, 2.75) is 118 Å². The molecule has 262 valence electrons. The van der Waals surface area contributed by atoms with Gasteiger partial charge in [0, 0.05) is 31.6 Å². The number of carboxylic acids is 1. The number of fused-ring (bicyclic) bond motifs is 7. The van der Waals surface area contributed by atoms with Crippen molar-refractivity contribution in [3.05, 3.63) is 53.4 Å². The molecule has 1 aromatic carbocycles. The third kappa shape index (κ3) is 4.77. The minimum Gasteiger partial charge on any atom is -0.478 e. The number of nitrogens with zero attached hydrogens (tertiary/aromatic N) is 1. The molecule has 5 fully saturated rings. The van der Waals surface area contributed by atoms with Gasteiger partial charge in [-0.1, -0.05) is 58.9 Å². The van der Waals surface area contributed by atoms with Crippen molar-refractivity contribution in [3.63, 3.8) is 0 Å². The van der Waals surface area contributed by atoms with Gasteiger partial charge in [-0.25, -0.2) is 9.18 Å². The molecule has 5 aliphatic carbocycles. The first-order valence-electron chi connectivity index (χ1n) is 19.0. The molecule has 1 aromatic rings. The number of carbonyl (C=O) groups is 2. The largest absolute Gasteiger partial charge is 0.478 e. The Balaban J connectivity index is 1.18. The van der Waals surface area contributed by atoms with Crippen LogP contribution < -0.4 is 5.32 Å². The maximum atomic E-state index is 14.9. The number of halogens is 1. The van der Waals surface area contributed by atoms with E-state index in [0.29, 0.717) is 41.9 Å². The second-order valence-corrected chi connectivity index (χ2v) is 18.3. The lowest BCUT2D eigenvalue weighted by Crippen LogP contribution is -2.68. The van der Waals surface area contributed by atoms with E-state index in [4.69, 9.17) is 0 Å². The Morgan fingerprint density at radius 1 is 1.02 bits per heavy atom. The Morgan fingerprint density at radius 2 is 1.79 bits per heavy atom. The minimum atomic E-state index is -1.22. The van der Waals surface area contributed by atoms with E-state index in [9.17, 15) is 19.1 Å². The zero-order valence-electron chi connectivity index (χ0n) is 30.4. The van der Waals surface area contributed by atoms with Crippen LogP contribution in [0.1, 0.15) is 128 Å². The summed E-state index contributed by atoms with van der Waals surface area (Å²) in [6.45, 7) is 22.1. The summed E-state index contributed by atoms with van der Waals surface area (Å²) in [6, 6.07) is 4.69. The molecule has 6 aliphatic rings. The Kier molecular flexibility index (Phi) is 8.17. The van der Waals surface area contributed by atoms with Gasteiger partial charge in [0.15, 0.2) is 0 Å². The highest BCUT2D eigenvalue weighted by molar-refractivity contribution is 5.88. The van der Waals surface area contributed by atoms with Gasteiger partial charge in [0.2, 0.25) is 5.91 Å². The molecule has 48 heavy (non-hydrogen) atoms. The van der Waals surface area contributed by atoms with Gasteiger partial charge in [-0.15, -0.1) is 0 Å². The fraction of sp³-hybridized carbons (Fsp3) is 0.714.